The number of hydrogen-bond acceptors (Lipinski definition) is 8. The fraction of sp³-hybridized carbons (Fsp3) is 0.345. The van der Waals surface area contributed by atoms with Gasteiger partial charge in [0.1, 0.15) is 23.8 Å². The second kappa shape index (κ2) is 11.5. The van der Waals surface area contributed by atoms with E-state index < -0.39 is 21.5 Å². The highest BCUT2D eigenvalue weighted by atomic mass is 32.2. The Kier molecular flexibility index (Phi) is 8.34. The zero-order valence-corrected chi connectivity index (χ0v) is 23.9. The number of nitrogens with one attached hydrogen (secondary N) is 1. The highest BCUT2D eigenvalue weighted by Crippen LogP contribution is 2.30. The molecule has 40 heavy (non-hydrogen) atoms. The molecule has 0 spiro atoms. The van der Waals surface area contributed by atoms with Crippen LogP contribution in [0.4, 0.5) is 10.6 Å². The number of amides is 2. The molecule has 1 aliphatic heterocycles. The van der Waals surface area contributed by atoms with Gasteiger partial charge in [0.2, 0.25) is 0 Å². The molecule has 0 unspecified atom stereocenters. The van der Waals surface area contributed by atoms with Crippen molar-refractivity contribution in [3.8, 4) is 16.9 Å². The van der Waals surface area contributed by atoms with Gasteiger partial charge in [-0.1, -0.05) is 6.07 Å². The number of pyridine rings is 1. The average molecular weight is 567 g/mol. The van der Waals surface area contributed by atoms with Gasteiger partial charge in [0, 0.05) is 36.0 Å². The van der Waals surface area contributed by atoms with Crippen molar-refractivity contribution in [2.24, 2.45) is 0 Å². The minimum absolute atomic E-state index is 0.0823. The molecule has 0 saturated heterocycles. The van der Waals surface area contributed by atoms with Crippen LogP contribution in [0.5, 0.6) is 5.75 Å². The molecule has 10 nitrogen and oxygen atoms in total. The van der Waals surface area contributed by atoms with E-state index in [1.165, 1.54) is 18.2 Å². The van der Waals surface area contributed by atoms with Crippen LogP contribution in [0.1, 0.15) is 42.3 Å². The Morgan fingerprint density at radius 3 is 2.52 bits per heavy atom. The smallest absolute Gasteiger partial charge is 0.407 e. The van der Waals surface area contributed by atoms with E-state index in [2.05, 4.69) is 10.3 Å². The van der Waals surface area contributed by atoms with E-state index >= 15 is 0 Å². The van der Waals surface area contributed by atoms with Crippen molar-refractivity contribution in [3.63, 3.8) is 0 Å². The van der Waals surface area contributed by atoms with E-state index in [1.807, 2.05) is 24.3 Å². The molecule has 0 saturated carbocycles. The molecule has 1 aromatic heterocycles. The normalized spacial score (nSPS) is 13.6. The van der Waals surface area contributed by atoms with Crippen LogP contribution in [-0.4, -0.2) is 61.4 Å². The number of carbonyl (C=O) groups is 2. The maximum Gasteiger partial charge on any atom is 0.407 e. The van der Waals surface area contributed by atoms with Crippen LogP contribution in [0.25, 0.3) is 11.1 Å². The molecular weight excluding hydrogens is 532 g/mol. The number of hydrogen-bond donors (Lipinski definition) is 2. The number of sulfone groups is 1. The fourth-order valence-corrected chi connectivity index (χ4v) is 5.52. The number of nitrogens with two attached hydrogens (primary N) is 1. The lowest BCUT2D eigenvalue weighted by Gasteiger charge is -2.21. The summed E-state index contributed by atoms with van der Waals surface area (Å²) in [6.07, 6.45) is 1.02. The molecule has 11 heteroatoms. The molecule has 2 amide bonds. The van der Waals surface area contributed by atoms with Crippen LogP contribution in [0.3, 0.4) is 0 Å². The Morgan fingerprint density at radius 2 is 1.85 bits per heavy atom. The van der Waals surface area contributed by atoms with Gasteiger partial charge >= 0.3 is 6.09 Å². The van der Waals surface area contributed by atoms with Gasteiger partial charge in [-0.15, -0.1) is 0 Å². The summed E-state index contributed by atoms with van der Waals surface area (Å²) in [6, 6.07) is 13.9. The number of fused-ring (bicyclic) bond motifs is 1. The number of anilines is 1. The summed E-state index contributed by atoms with van der Waals surface area (Å²) in [5.41, 5.74) is 8.66. The fourth-order valence-electron chi connectivity index (χ4n) is 4.28. The predicted octanol–water partition coefficient (Wildman–Crippen LogP) is 3.97. The van der Waals surface area contributed by atoms with Gasteiger partial charge in [-0.3, -0.25) is 4.79 Å². The van der Waals surface area contributed by atoms with Gasteiger partial charge < -0.3 is 25.4 Å². The molecule has 0 fully saturated rings. The third-order valence-electron chi connectivity index (χ3n) is 6.27. The van der Waals surface area contributed by atoms with E-state index in [0.29, 0.717) is 42.4 Å². The molecule has 0 aliphatic carbocycles. The Balaban J connectivity index is 1.46. The van der Waals surface area contributed by atoms with Crippen LogP contribution in [0, 0.1) is 6.92 Å². The standard InChI is InChI=1S/C29H34N4O6S/c1-19-15-23(40(36,37)14-11-31-28(35)39-29(2,3)4)7-8-24(19)27(34)33-12-13-38-25-9-5-20(16-22(25)18-33)21-6-10-26(30)32-17-21/h5-10,15-17H,11-14,18H2,1-4H3,(H2,30,32)(H,31,35). The first-order valence-corrected chi connectivity index (χ1v) is 14.5. The number of aromatic nitrogens is 1. The third kappa shape index (κ3) is 7.09. The van der Waals surface area contributed by atoms with Crippen molar-refractivity contribution in [1.82, 2.24) is 15.2 Å². The predicted molar refractivity (Wildman–Crippen MR) is 152 cm³/mol. The average Bonchev–Trinajstić information content (AvgIpc) is 3.09. The highest BCUT2D eigenvalue weighted by molar-refractivity contribution is 7.91. The van der Waals surface area contributed by atoms with Crippen molar-refractivity contribution in [3.05, 3.63) is 71.4 Å². The number of nitrogen functional groups attached to an aromatic ring is 1. The first-order valence-electron chi connectivity index (χ1n) is 12.9. The van der Waals surface area contributed by atoms with Gasteiger partial charge in [-0.05, 0) is 81.3 Å². The molecule has 1 aliphatic rings. The van der Waals surface area contributed by atoms with Gasteiger partial charge in [-0.25, -0.2) is 18.2 Å². The Bertz CT molecular complexity index is 1510. The summed E-state index contributed by atoms with van der Waals surface area (Å²) < 4.78 is 36.8. The molecule has 0 atom stereocenters. The van der Waals surface area contributed by atoms with Gasteiger partial charge in [0.15, 0.2) is 9.84 Å². The Labute approximate surface area is 234 Å². The van der Waals surface area contributed by atoms with Crippen molar-refractivity contribution in [2.75, 3.05) is 31.2 Å². The molecular formula is C29H34N4O6S. The number of aryl methyl sites for hydroxylation is 1. The SMILES string of the molecule is Cc1cc(S(=O)(=O)CCNC(=O)OC(C)(C)C)ccc1C(=O)N1CCOc2ccc(-c3ccc(N)nc3)cc2C1. The number of benzene rings is 2. The van der Waals surface area contributed by atoms with Gasteiger partial charge in [0.05, 0.1) is 17.2 Å². The van der Waals surface area contributed by atoms with E-state index in [-0.39, 0.29) is 23.1 Å². The number of nitrogens with zero attached hydrogens (tertiary/aromatic N) is 2. The van der Waals surface area contributed by atoms with E-state index in [0.717, 1.165) is 16.7 Å². The van der Waals surface area contributed by atoms with E-state index in [1.54, 1.807) is 44.9 Å². The van der Waals surface area contributed by atoms with Crippen molar-refractivity contribution < 1.29 is 27.5 Å². The Morgan fingerprint density at radius 1 is 1.10 bits per heavy atom. The Hall–Kier alpha value is -4.12. The lowest BCUT2D eigenvalue weighted by Crippen LogP contribution is -2.35. The summed E-state index contributed by atoms with van der Waals surface area (Å²) in [4.78, 5) is 31.3. The topological polar surface area (TPSA) is 141 Å². The second-order valence-electron chi connectivity index (χ2n) is 10.6. The molecule has 3 aromatic rings. The van der Waals surface area contributed by atoms with Crippen molar-refractivity contribution >= 4 is 27.7 Å². The number of alkyl carbamates (subject to hydrolysis) is 1. The molecule has 0 bridgehead atoms. The number of ether oxygens (including phenoxy) is 2. The molecule has 212 valence electrons. The van der Waals surface area contributed by atoms with Crippen LogP contribution < -0.4 is 15.8 Å². The first-order chi connectivity index (χ1) is 18.8. The zero-order valence-electron chi connectivity index (χ0n) is 23.1. The van der Waals surface area contributed by atoms with Gasteiger partial charge in [0.25, 0.3) is 5.91 Å². The summed E-state index contributed by atoms with van der Waals surface area (Å²) in [6.45, 7) is 7.83. The molecule has 3 N–H and O–H groups in total. The number of rotatable bonds is 6. The summed E-state index contributed by atoms with van der Waals surface area (Å²) >= 11 is 0. The molecule has 0 radical (unpaired) electrons. The van der Waals surface area contributed by atoms with E-state index in [4.69, 9.17) is 15.2 Å². The number of carbonyl (C=O) groups excluding carboxylic acids is 2. The van der Waals surface area contributed by atoms with Crippen LogP contribution in [0.15, 0.2) is 59.6 Å². The largest absolute Gasteiger partial charge is 0.491 e. The van der Waals surface area contributed by atoms with Crippen LogP contribution in [0.2, 0.25) is 0 Å². The summed E-state index contributed by atoms with van der Waals surface area (Å²) in [5.74, 6) is 0.625. The quantitative estimate of drug-likeness (QED) is 0.457. The zero-order chi connectivity index (χ0) is 29.1. The summed E-state index contributed by atoms with van der Waals surface area (Å²) in [5, 5.41) is 2.46. The molecule has 2 heterocycles. The van der Waals surface area contributed by atoms with Crippen LogP contribution in [-0.2, 0) is 21.1 Å². The minimum Gasteiger partial charge on any atom is -0.491 e. The van der Waals surface area contributed by atoms with Crippen LogP contribution >= 0.6 is 0 Å². The summed E-state index contributed by atoms with van der Waals surface area (Å²) in [7, 11) is -3.70. The maximum absolute atomic E-state index is 13.5. The lowest BCUT2D eigenvalue weighted by molar-refractivity contribution is 0.0531. The minimum atomic E-state index is -3.70. The van der Waals surface area contributed by atoms with Gasteiger partial charge in [-0.2, -0.15) is 0 Å². The lowest BCUT2D eigenvalue weighted by atomic mass is 10.0. The molecule has 4 rings (SSSR count). The first kappa shape index (κ1) is 28.9. The second-order valence-corrected chi connectivity index (χ2v) is 12.7. The van der Waals surface area contributed by atoms with Crippen molar-refractivity contribution in [1.29, 1.82) is 0 Å². The van der Waals surface area contributed by atoms with Crippen molar-refractivity contribution in [2.45, 2.75) is 44.7 Å². The maximum atomic E-state index is 13.5. The van der Waals surface area contributed by atoms with E-state index in [9.17, 15) is 18.0 Å². The third-order valence-corrected chi connectivity index (χ3v) is 7.99. The molecule has 2 aromatic carbocycles. The highest BCUT2D eigenvalue weighted by Gasteiger charge is 2.24. The monoisotopic (exact) mass is 566 g/mol.